The summed E-state index contributed by atoms with van der Waals surface area (Å²) in [6, 6.07) is 18.8. The molecular formula is C20H14N2O3. The first kappa shape index (κ1) is 15.0. The van der Waals surface area contributed by atoms with Crippen molar-refractivity contribution in [2.24, 2.45) is 5.73 Å². The van der Waals surface area contributed by atoms with Crippen LogP contribution in [-0.2, 0) is 6.42 Å². The summed E-state index contributed by atoms with van der Waals surface area (Å²) in [7, 11) is 0. The van der Waals surface area contributed by atoms with Gasteiger partial charge in [-0.1, -0.05) is 42.5 Å². The Hall–Kier alpha value is -3.52. The average Bonchev–Trinajstić information content (AvgIpc) is 2.62. The lowest BCUT2D eigenvalue weighted by Crippen LogP contribution is -2.26. The van der Waals surface area contributed by atoms with Gasteiger partial charge in [0.15, 0.2) is 5.75 Å². The molecule has 0 aliphatic carbocycles. The van der Waals surface area contributed by atoms with Crippen LogP contribution in [0.25, 0.3) is 11.0 Å². The first-order chi connectivity index (χ1) is 12.2. The fraction of sp³-hybridized carbons (Fsp3) is 0.100. The van der Waals surface area contributed by atoms with Crippen molar-refractivity contribution < 1.29 is 9.15 Å². The Kier molecular flexibility index (Phi) is 3.51. The molecule has 0 saturated carbocycles. The summed E-state index contributed by atoms with van der Waals surface area (Å²) in [6.07, 6.45) is 0.462. The van der Waals surface area contributed by atoms with Gasteiger partial charge < -0.3 is 14.9 Å². The number of fused-ring (bicyclic) bond motifs is 3. The number of rotatable bonds is 2. The number of benzene rings is 2. The fourth-order valence-electron chi connectivity index (χ4n) is 3.21. The molecule has 4 rings (SSSR count). The number of para-hydroxylation sites is 1. The van der Waals surface area contributed by atoms with Gasteiger partial charge in [-0.2, -0.15) is 5.26 Å². The molecule has 2 aromatic carbocycles. The molecule has 5 heteroatoms. The highest BCUT2D eigenvalue weighted by atomic mass is 16.5. The smallest absolute Gasteiger partial charge is 0.343 e. The second-order valence-corrected chi connectivity index (χ2v) is 5.86. The van der Waals surface area contributed by atoms with Gasteiger partial charge in [-0.25, -0.2) is 4.79 Å². The first-order valence-corrected chi connectivity index (χ1v) is 7.86. The standard InChI is InChI=1S/C20H14N2O3/c21-11-15-14(10-12-6-2-1-3-7-12)17-18(25-19(15)22)13-8-4-5-9-16(13)24-20(17)23/h1-9,14H,10,22H2/t14-/m1/s1. The van der Waals surface area contributed by atoms with Crippen LogP contribution in [0.1, 0.15) is 17.0 Å². The quantitative estimate of drug-likeness (QED) is 0.729. The monoisotopic (exact) mass is 330 g/mol. The number of nitrogens with two attached hydrogens (primary N) is 1. The van der Waals surface area contributed by atoms with E-state index in [2.05, 4.69) is 6.07 Å². The molecule has 1 aromatic heterocycles. The zero-order chi connectivity index (χ0) is 17.4. The van der Waals surface area contributed by atoms with Gasteiger partial charge in [0.2, 0.25) is 5.88 Å². The molecule has 0 fully saturated rings. The summed E-state index contributed by atoms with van der Waals surface area (Å²) < 4.78 is 11.1. The van der Waals surface area contributed by atoms with Crippen molar-refractivity contribution in [3.63, 3.8) is 0 Å². The van der Waals surface area contributed by atoms with E-state index in [1.54, 1.807) is 18.2 Å². The average molecular weight is 330 g/mol. The van der Waals surface area contributed by atoms with E-state index in [-0.39, 0.29) is 11.5 Å². The fourth-order valence-corrected chi connectivity index (χ4v) is 3.21. The molecule has 1 aliphatic rings. The first-order valence-electron chi connectivity index (χ1n) is 7.86. The van der Waals surface area contributed by atoms with Crippen molar-refractivity contribution in [2.75, 3.05) is 0 Å². The maximum Gasteiger partial charge on any atom is 0.343 e. The summed E-state index contributed by atoms with van der Waals surface area (Å²) in [5.74, 6) is -0.0898. The van der Waals surface area contributed by atoms with E-state index >= 15 is 0 Å². The molecule has 0 unspecified atom stereocenters. The van der Waals surface area contributed by atoms with Gasteiger partial charge in [0.05, 0.1) is 16.5 Å². The van der Waals surface area contributed by atoms with E-state index in [0.29, 0.717) is 28.7 Å². The highest BCUT2D eigenvalue weighted by Gasteiger charge is 2.34. The lowest BCUT2D eigenvalue weighted by molar-refractivity contribution is 0.381. The summed E-state index contributed by atoms with van der Waals surface area (Å²) in [4.78, 5) is 12.6. The third-order valence-electron chi connectivity index (χ3n) is 4.38. The number of hydrogen-bond acceptors (Lipinski definition) is 5. The topological polar surface area (TPSA) is 89.3 Å². The Morgan fingerprint density at radius 2 is 1.80 bits per heavy atom. The number of nitrogens with zero attached hydrogens (tertiary/aromatic N) is 1. The zero-order valence-corrected chi connectivity index (χ0v) is 13.2. The summed E-state index contributed by atoms with van der Waals surface area (Å²) in [6.45, 7) is 0. The van der Waals surface area contributed by atoms with E-state index in [9.17, 15) is 10.1 Å². The van der Waals surface area contributed by atoms with Gasteiger partial charge in [0.25, 0.3) is 0 Å². The Morgan fingerprint density at radius 3 is 2.56 bits per heavy atom. The van der Waals surface area contributed by atoms with E-state index in [0.717, 1.165) is 5.56 Å². The van der Waals surface area contributed by atoms with Gasteiger partial charge in [-0.15, -0.1) is 0 Å². The lowest BCUT2D eigenvalue weighted by Gasteiger charge is -2.25. The molecule has 0 amide bonds. The zero-order valence-electron chi connectivity index (χ0n) is 13.2. The van der Waals surface area contributed by atoms with Crippen LogP contribution >= 0.6 is 0 Å². The number of allylic oxidation sites excluding steroid dienone is 1. The van der Waals surface area contributed by atoms with Crippen molar-refractivity contribution in [1.82, 2.24) is 0 Å². The normalized spacial score (nSPS) is 16.2. The number of hydrogen-bond donors (Lipinski definition) is 1. The van der Waals surface area contributed by atoms with Crippen molar-refractivity contribution in [2.45, 2.75) is 12.3 Å². The highest BCUT2D eigenvalue weighted by molar-refractivity contribution is 5.85. The van der Waals surface area contributed by atoms with Gasteiger partial charge in [-0.05, 0) is 24.1 Å². The molecule has 0 radical (unpaired) electrons. The summed E-state index contributed by atoms with van der Waals surface area (Å²) >= 11 is 0. The van der Waals surface area contributed by atoms with Crippen molar-refractivity contribution in [1.29, 1.82) is 5.26 Å². The van der Waals surface area contributed by atoms with Gasteiger partial charge in [-0.3, -0.25) is 0 Å². The van der Waals surface area contributed by atoms with E-state index in [4.69, 9.17) is 14.9 Å². The molecule has 2 N–H and O–H groups in total. The maximum atomic E-state index is 12.6. The second kappa shape index (κ2) is 5.84. The van der Waals surface area contributed by atoms with Crippen LogP contribution in [-0.4, -0.2) is 0 Å². The van der Waals surface area contributed by atoms with Crippen molar-refractivity contribution in [3.8, 4) is 11.8 Å². The number of nitriles is 1. The van der Waals surface area contributed by atoms with E-state index in [1.807, 2.05) is 36.4 Å². The Morgan fingerprint density at radius 1 is 1.08 bits per heavy atom. The molecular weight excluding hydrogens is 316 g/mol. The van der Waals surface area contributed by atoms with Crippen LogP contribution in [0.4, 0.5) is 0 Å². The minimum absolute atomic E-state index is 0.0340. The molecule has 25 heavy (non-hydrogen) atoms. The molecule has 3 aromatic rings. The number of ether oxygens (including phenoxy) is 1. The van der Waals surface area contributed by atoms with Crippen LogP contribution in [0.3, 0.4) is 0 Å². The molecule has 1 atom stereocenters. The minimum Gasteiger partial charge on any atom is -0.439 e. The minimum atomic E-state index is -0.505. The van der Waals surface area contributed by atoms with Crippen molar-refractivity contribution in [3.05, 3.63) is 87.6 Å². The summed E-state index contributed by atoms with van der Waals surface area (Å²) in [5.41, 5.74) is 7.50. The maximum absolute atomic E-state index is 12.6. The molecule has 122 valence electrons. The third kappa shape index (κ3) is 2.45. The van der Waals surface area contributed by atoms with E-state index < -0.39 is 11.5 Å². The lowest BCUT2D eigenvalue weighted by atomic mass is 9.84. The predicted molar refractivity (Wildman–Crippen MR) is 92.8 cm³/mol. The van der Waals surface area contributed by atoms with Crippen LogP contribution < -0.4 is 16.1 Å². The second-order valence-electron chi connectivity index (χ2n) is 5.86. The third-order valence-corrected chi connectivity index (χ3v) is 4.38. The van der Waals surface area contributed by atoms with Crippen LogP contribution in [0.15, 0.2) is 75.3 Å². The largest absolute Gasteiger partial charge is 0.439 e. The van der Waals surface area contributed by atoms with Crippen LogP contribution in [0.5, 0.6) is 5.75 Å². The summed E-state index contributed by atoms with van der Waals surface area (Å²) in [5, 5.41) is 10.2. The van der Waals surface area contributed by atoms with E-state index in [1.165, 1.54) is 0 Å². The molecule has 1 aliphatic heterocycles. The SMILES string of the molecule is N#CC1=C(N)Oc2c(c(=O)oc3ccccc23)[C@@H]1Cc1ccccc1. The van der Waals surface area contributed by atoms with Gasteiger partial charge in [0, 0.05) is 5.92 Å². The van der Waals surface area contributed by atoms with Gasteiger partial charge in [0.1, 0.15) is 11.7 Å². The molecule has 2 heterocycles. The predicted octanol–water partition coefficient (Wildman–Crippen LogP) is 3.21. The molecule has 0 spiro atoms. The Bertz CT molecular complexity index is 1090. The molecule has 5 nitrogen and oxygen atoms in total. The molecule has 0 bridgehead atoms. The Balaban J connectivity index is 1.96. The highest BCUT2D eigenvalue weighted by Crippen LogP contribution is 2.41. The van der Waals surface area contributed by atoms with Gasteiger partial charge >= 0.3 is 5.63 Å². The van der Waals surface area contributed by atoms with Crippen molar-refractivity contribution >= 4 is 11.0 Å². The van der Waals surface area contributed by atoms with Crippen LogP contribution in [0, 0.1) is 11.3 Å². The Labute approximate surface area is 143 Å². The molecule has 0 saturated heterocycles. The van der Waals surface area contributed by atoms with Crippen LogP contribution in [0.2, 0.25) is 0 Å².